The zero-order valence-electron chi connectivity index (χ0n) is 26.4. The summed E-state index contributed by atoms with van der Waals surface area (Å²) in [7, 11) is 44.2. The Labute approximate surface area is 233 Å². The highest BCUT2D eigenvalue weighted by Crippen LogP contribution is 2.15. The Balaban J connectivity index is 7.45. The minimum Gasteiger partial charge on any atom is 0.000185 e. The fraction of sp³-hybridized carbons (Fsp3) is 0. The fourth-order valence-corrected chi connectivity index (χ4v) is 8.93. The van der Waals surface area contributed by atoms with Crippen molar-refractivity contribution in [2.75, 3.05) is 0 Å². The highest BCUT2D eigenvalue weighted by atomic mass is 13.3. The van der Waals surface area contributed by atoms with Crippen molar-refractivity contribution in [3.8, 4) is 0 Å². The second-order valence-electron chi connectivity index (χ2n) is 14.5. The maximum Gasteiger partial charge on any atom is 0.0593 e. The monoisotopic (exact) mass is 399 g/mol. The topological polar surface area (TPSA) is 0 Å². The normalized spacial score (nSPS) is 9.45. The smallest absolute Gasteiger partial charge is 0.000185 e. The van der Waals surface area contributed by atoms with Crippen molar-refractivity contribution in [3.05, 3.63) is 0 Å². The zero-order valence-corrected chi connectivity index (χ0v) is 26.4. The number of rotatable bonds is 15. The first-order chi connectivity index (χ1) is 15.0. The van der Waals surface area contributed by atoms with E-state index in [1.807, 2.05) is 0 Å². The Morgan fingerprint density at radius 3 is 0.636 bits per heavy atom. The highest BCUT2D eigenvalue weighted by molar-refractivity contribution is 8.29. The van der Waals surface area contributed by atoms with Gasteiger partial charge in [0.25, 0.3) is 0 Å². The van der Waals surface area contributed by atoms with E-state index in [0.717, 1.165) is 95.8 Å². The molecule has 0 aromatic rings. The predicted molar refractivity (Wildman–Crippen MR) is 239 cm³/mol. The molecule has 0 nitrogen and oxygen atoms in total. The molecule has 0 unspecified atom stereocenters. The van der Waals surface area contributed by atoms with Crippen molar-refractivity contribution >= 4 is 234 Å². The summed E-state index contributed by atoms with van der Waals surface area (Å²) in [5.41, 5.74) is 0. The fourth-order valence-electron chi connectivity index (χ4n) is 8.93. The Kier molecular flexibility index (Phi) is 17.2. The van der Waals surface area contributed by atoms with Gasteiger partial charge in [-0.15, -0.1) is 0 Å². The lowest BCUT2D eigenvalue weighted by Crippen LogP contribution is -2.89. The van der Waals surface area contributed by atoms with Gasteiger partial charge >= 0.3 is 0 Å². The van der Waals surface area contributed by atoms with E-state index in [2.05, 4.69) is 132 Å². The summed E-state index contributed by atoms with van der Waals surface area (Å²) in [4.78, 5) is 0. The summed E-state index contributed by atoms with van der Waals surface area (Å²) in [6.45, 7) is 0. The molecule has 0 aromatic carbocycles. The average molecular weight is 392 g/mol. The molecule has 0 N–H and O–H groups in total. The molecular formula is H35B33. The molecular weight excluding hydrogens is 357 g/mol. The van der Waals surface area contributed by atoms with Crippen LogP contribution in [0, 0.1) is 0 Å². The minimum atomic E-state index is 0.725. The lowest BCUT2D eigenvalue weighted by Gasteiger charge is -2.50. The van der Waals surface area contributed by atoms with Crippen molar-refractivity contribution in [1.29, 1.82) is 0 Å². The third kappa shape index (κ3) is 9.75. The molecule has 0 aliphatic carbocycles. The van der Waals surface area contributed by atoms with Crippen molar-refractivity contribution in [2.45, 2.75) is 0 Å². The van der Waals surface area contributed by atoms with Gasteiger partial charge in [-0.3, -0.25) is 0 Å². The quantitative estimate of drug-likeness (QED) is 0.243. The van der Waals surface area contributed by atoms with Crippen LogP contribution in [-0.2, 0) is 0 Å². The third-order valence-electron chi connectivity index (χ3n) is 9.43. The van der Waals surface area contributed by atoms with Gasteiger partial charge in [-0.05, 0) is 0 Å². The first-order valence-electron chi connectivity index (χ1n) is 15.0. The highest BCUT2D eigenvalue weighted by Gasteiger charge is 2.54. The summed E-state index contributed by atoms with van der Waals surface area (Å²) in [5, 5.41) is 0. The van der Waals surface area contributed by atoms with Crippen LogP contribution in [-0.4, -0.2) is 234 Å². The molecule has 0 atom stereocenters. The van der Waals surface area contributed by atoms with E-state index in [9.17, 15) is 0 Å². The lowest BCUT2D eigenvalue weighted by molar-refractivity contribution is 3.24. The van der Waals surface area contributed by atoms with E-state index in [1.165, 1.54) is 7.06 Å². The minimum absolute atomic E-state index is 0.725. The van der Waals surface area contributed by atoms with E-state index >= 15 is 0 Å². The van der Waals surface area contributed by atoms with E-state index in [0.29, 0.717) is 0 Å². The standard InChI is InChI=1S/B33H35/c1-18-27(19(2)3)31(26(16)17)33(30(24(12)13)25(14)15)32(28(20(4)5)21(6)7)29(22(8)9)23(10)11/h18H,1-17H2. The Bertz CT molecular complexity index is 448. The lowest BCUT2D eigenvalue weighted by atomic mass is 8.30. The van der Waals surface area contributed by atoms with Crippen LogP contribution in [0.3, 0.4) is 0 Å². The number of hydrogen-bond acceptors (Lipinski definition) is 0. The van der Waals surface area contributed by atoms with Crippen molar-refractivity contribution < 1.29 is 0 Å². The maximum atomic E-state index is 2.55. The van der Waals surface area contributed by atoms with Crippen LogP contribution in [0.5, 0.6) is 0 Å². The second kappa shape index (κ2) is 16.2. The van der Waals surface area contributed by atoms with Crippen molar-refractivity contribution in [2.24, 2.45) is 0 Å². The molecule has 33 heavy (non-hydrogen) atoms. The van der Waals surface area contributed by atoms with E-state index in [4.69, 9.17) is 0 Å². The van der Waals surface area contributed by atoms with Crippen LogP contribution in [0.2, 0.25) is 0 Å². The molecule has 0 rings (SSSR count). The Hall–Kier alpha value is 2.14. The summed E-state index contributed by atoms with van der Waals surface area (Å²) < 4.78 is 0. The van der Waals surface area contributed by atoms with Crippen LogP contribution in [0.25, 0.3) is 0 Å². The van der Waals surface area contributed by atoms with E-state index in [-0.39, 0.29) is 0 Å². The van der Waals surface area contributed by atoms with Gasteiger partial charge in [0.15, 0.2) is 0 Å². The van der Waals surface area contributed by atoms with Gasteiger partial charge in [-0.25, -0.2) is 0 Å². The summed E-state index contributed by atoms with van der Waals surface area (Å²) in [6.07, 6.45) is 11.3. The molecule has 0 aromatic heterocycles. The van der Waals surface area contributed by atoms with E-state index in [1.54, 1.807) is 0 Å². The van der Waals surface area contributed by atoms with Crippen LogP contribution < -0.4 is 0 Å². The van der Waals surface area contributed by atoms with Crippen LogP contribution in [0.1, 0.15) is 0 Å². The van der Waals surface area contributed by atoms with E-state index < -0.39 is 0 Å². The molecule has 0 aliphatic rings. The largest absolute Gasteiger partial charge is 0.0593 e. The van der Waals surface area contributed by atoms with Gasteiger partial charge in [-0.2, -0.15) is 0 Å². The van der Waals surface area contributed by atoms with Gasteiger partial charge in [-0.1, -0.05) is 0 Å². The average Bonchev–Trinajstić information content (AvgIpc) is 2.61. The van der Waals surface area contributed by atoms with Crippen molar-refractivity contribution in [1.82, 2.24) is 0 Å². The summed E-state index contributed by atoms with van der Waals surface area (Å²) in [6, 6.07) is 0. The first-order valence-corrected chi connectivity index (χ1v) is 15.0. The molecule has 0 saturated heterocycles. The molecule has 33 heteroatoms. The maximum absolute atomic E-state index is 2.55. The molecule has 0 fully saturated rings. The van der Waals surface area contributed by atoms with Crippen LogP contribution >= 0.6 is 0 Å². The predicted octanol–water partition coefficient (Wildman–Crippen LogP) is -21.9. The molecule has 0 spiro atoms. The number of hydrogen-bond donors (Lipinski definition) is 0. The zero-order chi connectivity index (χ0) is 26.4. The molecule has 0 radical (unpaired) electrons. The van der Waals surface area contributed by atoms with Crippen LogP contribution in [0.4, 0.5) is 0 Å². The van der Waals surface area contributed by atoms with Gasteiger partial charge in [0.05, 0.1) is 132 Å². The SMILES string of the molecule is BBB(B(B)B)B(B(B)B)B(B(B(B)B)B(B)B)B(B(B(B)B)B(B)B)B(B(B)B)B(B)B. The van der Waals surface area contributed by atoms with Crippen LogP contribution in [0.15, 0.2) is 0 Å². The third-order valence-corrected chi connectivity index (χ3v) is 9.43. The van der Waals surface area contributed by atoms with Gasteiger partial charge in [0.1, 0.15) is 0 Å². The molecule has 0 aliphatic heterocycles. The molecule has 0 amide bonds. The Morgan fingerprint density at radius 1 is 0.273 bits per heavy atom. The summed E-state index contributed by atoms with van der Waals surface area (Å²) in [5.74, 6) is 0. The first kappa shape index (κ1) is 35.1. The second-order valence-corrected chi connectivity index (χ2v) is 14.5. The van der Waals surface area contributed by atoms with Crippen molar-refractivity contribution in [3.63, 3.8) is 0 Å². The Morgan fingerprint density at radius 2 is 0.485 bits per heavy atom. The molecule has 0 heterocycles. The molecule has 0 saturated carbocycles. The molecule has 134 valence electrons. The van der Waals surface area contributed by atoms with Gasteiger partial charge in [0.2, 0.25) is 0 Å². The molecule has 0 bridgehead atoms. The van der Waals surface area contributed by atoms with Gasteiger partial charge in [0, 0.05) is 103 Å². The van der Waals surface area contributed by atoms with Gasteiger partial charge < -0.3 is 0 Å². The summed E-state index contributed by atoms with van der Waals surface area (Å²) >= 11 is 0.